The summed E-state index contributed by atoms with van der Waals surface area (Å²) in [7, 11) is 0. The van der Waals surface area contributed by atoms with Gasteiger partial charge in [-0.05, 0) is 23.5 Å². The number of thioether (sulfide) groups is 1. The normalized spacial score (nSPS) is 24.0. The second kappa shape index (κ2) is 6.64. The highest BCUT2D eigenvalue weighted by molar-refractivity contribution is 8.00. The number of carbonyl (C=O) groups is 1. The van der Waals surface area contributed by atoms with Gasteiger partial charge in [-0.2, -0.15) is 0 Å². The molecule has 1 aliphatic heterocycles. The van der Waals surface area contributed by atoms with Gasteiger partial charge in [0.15, 0.2) is 0 Å². The first-order valence-electron chi connectivity index (χ1n) is 7.16. The van der Waals surface area contributed by atoms with Crippen molar-refractivity contribution in [2.75, 3.05) is 5.75 Å². The molecular formula is C16H23NO2S. The molecule has 0 aromatic heterocycles. The van der Waals surface area contributed by atoms with E-state index in [0.29, 0.717) is 17.6 Å². The molecule has 110 valence electrons. The van der Waals surface area contributed by atoms with Gasteiger partial charge in [-0.25, -0.2) is 0 Å². The Morgan fingerprint density at radius 2 is 2.00 bits per heavy atom. The molecule has 2 unspecified atom stereocenters. The molecule has 0 bridgehead atoms. The van der Waals surface area contributed by atoms with Crippen LogP contribution >= 0.6 is 11.8 Å². The van der Waals surface area contributed by atoms with E-state index in [1.54, 1.807) is 11.8 Å². The van der Waals surface area contributed by atoms with Crippen LogP contribution in [0.2, 0.25) is 0 Å². The zero-order valence-corrected chi connectivity index (χ0v) is 13.1. The van der Waals surface area contributed by atoms with Gasteiger partial charge in [-0.15, -0.1) is 11.8 Å². The maximum absolute atomic E-state index is 11.0. The van der Waals surface area contributed by atoms with Gasteiger partial charge < -0.3 is 5.11 Å². The minimum absolute atomic E-state index is 0.187. The van der Waals surface area contributed by atoms with Gasteiger partial charge in [0.25, 0.3) is 0 Å². The van der Waals surface area contributed by atoms with E-state index in [0.717, 1.165) is 6.42 Å². The average molecular weight is 293 g/mol. The van der Waals surface area contributed by atoms with Crippen LogP contribution < -0.4 is 5.32 Å². The Labute approximate surface area is 125 Å². The number of carboxylic acid groups (broad SMARTS) is 1. The Bertz CT molecular complexity index is 458. The van der Waals surface area contributed by atoms with Crippen LogP contribution in [0.1, 0.15) is 37.8 Å². The van der Waals surface area contributed by atoms with Gasteiger partial charge in [-0.1, -0.05) is 45.0 Å². The van der Waals surface area contributed by atoms with E-state index in [4.69, 9.17) is 5.11 Å². The highest BCUT2D eigenvalue weighted by Gasteiger charge is 2.32. The molecule has 2 rings (SSSR count). The number of carboxylic acids is 1. The third-order valence-corrected chi connectivity index (χ3v) is 5.14. The molecule has 1 aromatic rings. The first-order valence-corrected chi connectivity index (χ1v) is 8.21. The van der Waals surface area contributed by atoms with Crippen molar-refractivity contribution in [2.24, 2.45) is 5.92 Å². The quantitative estimate of drug-likeness (QED) is 0.876. The molecule has 20 heavy (non-hydrogen) atoms. The highest BCUT2D eigenvalue weighted by atomic mass is 32.2. The summed E-state index contributed by atoms with van der Waals surface area (Å²) in [6.45, 7) is 6.61. The van der Waals surface area contributed by atoms with E-state index < -0.39 is 12.0 Å². The molecule has 3 atom stereocenters. The molecule has 3 nitrogen and oxygen atoms in total. The number of hydrogen-bond donors (Lipinski definition) is 2. The first kappa shape index (κ1) is 15.4. The SMILES string of the molecule is CC(C)Cc1ccc(C(C)C2N[C@H](C(=O)O)CS2)cc1. The molecule has 4 heteroatoms. The van der Waals surface area contributed by atoms with E-state index in [9.17, 15) is 4.79 Å². The van der Waals surface area contributed by atoms with Crippen LogP contribution in [0.5, 0.6) is 0 Å². The molecule has 0 radical (unpaired) electrons. The predicted molar refractivity (Wildman–Crippen MR) is 84.2 cm³/mol. The van der Waals surface area contributed by atoms with E-state index in [2.05, 4.69) is 50.4 Å². The summed E-state index contributed by atoms with van der Waals surface area (Å²) in [6, 6.07) is 8.34. The number of benzene rings is 1. The van der Waals surface area contributed by atoms with E-state index in [1.807, 2.05) is 0 Å². The van der Waals surface area contributed by atoms with Gasteiger partial charge >= 0.3 is 5.97 Å². The van der Waals surface area contributed by atoms with Crippen LogP contribution in [0.3, 0.4) is 0 Å². The summed E-state index contributed by atoms with van der Waals surface area (Å²) in [5.74, 6) is 0.883. The summed E-state index contributed by atoms with van der Waals surface area (Å²) in [6.07, 6.45) is 1.10. The first-order chi connectivity index (χ1) is 9.47. The van der Waals surface area contributed by atoms with Crippen LogP contribution in [-0.4, -0.2) is 28.2 Å². The summed E-state index contributed by atoms with van der Waals surface area (Å²) in [4.78, 5) is 11.0. The largest absolute Gasteiger partial charge is 0.480 e. The van der Waals surface area contributed by atoms with Crippen molar-refractivity contribution in [2.45, 2.75) is 44.5 Å². The molecule has 0 saturated carbocycles. The molecule has 1 saturated heterocycles. The van der Waals surface area contributed by atoms with Crippen molar-refractivity contribution < 1.29 is 9.90 Å². The average Bonchev–Trinajstić information content (AvgIpc) is 2.88. The van der Waals surface area contributed by atoms with Gasteiger partial charge in [-0.3, -0.25) is 10.1 Å². The predicted octanol–water partition coefficient (Wildman–Crippen LogP) is 3.10. The zero-order valence-electron chi connectivity index (χ0n) is 12.3. The van der Waals surface area contributed by atoms with Crippen LogP contribution in [0, 0.1) is 5.92 Å². The minimum atomic E-state index is -0.750. The molecular weight excluding hydrogens is 270 g/mol. The second-order valence-corrected chi connectivity index (χ2v) is 7.11. The summed E-state index contributed by atoms with van der Waals surface area (Å²) in [5.41, 5.74) is 2.64. The molecule has 2 N–H and O–H groups in total. The maximum atomic E-state index is 11.0. The third kappa shape index (κ3) is 3.76. The fraction of sp³-hybridized carbons (Fsp3) is 0.562. The molecule has 0 aliphatic carbocycles. The molecule has 1 heterocycles. The van der Waals surface area contributed by atoms with Crippen LogP contribution in [0.25, 0.3) is 0 Å². The summed E-state index contributed by atoms with van der Waals surface area (Å²) >= 11 is 1.70. The van der Waals surface area contributed by atoms with Crippen molar-refractivity contribution >= 4 is 17.7 Å². The minimum Gasteiger partial charge on any atom is -0.480 e. The fourth-order valence-electron chi connectivity index (χ4n) is 2.53. The van der Waals surface area contributed by atoms with Crippen LogP contribution in [0.15, 0.2) is 24.3 Å². The Kier molecular flexibility index (Phi) is 5.11. The third-order valence-electron chi connectivity index (χ3n) is 3.71. The zero-order chi connectivity index (χ0) is 14.7. The Balaban J connectivity index is 1.99. The number of aliphatic carboxylic acids is 1. The Morgan fingerprint density at radius 3 is 2.50 bits per heavy atom. The Hall–Kier alpha value is -1.00. The molecule has 1 aromatic carbocycles. The summed E-state index contributed by atoms with van der Waals surface area (Å²) in [5, 5.41) is 12.4. The fourth-order valence-corrected chi connectivity index (χ4v) is 3.87. The molecule has 0 spiro atoms. The monoisotopic (exact) mass is 293 g/mol. The van der Waals surface area contributed by atoms with E-state index >= 15 is 0 Å². The second-order valence-electron chi connectivity index (χ2n) is 5.94. The van der Waals surface area contributed by atoms with Crippen LogP contribution in [0.4, 0.5) is 0 Å². The smallest absolute Gasteiger partial charge is 0.321 e. The van der Waals surface area contributed by atoms with Gasteiger partial charge in [0.2, 0.25) is 0 Å². The van der Waals surface area contributed by atoms with Crippen molar-refractivity contribution in [1.82, 2.24) is 5.32 Å². The van der Waals surface area contributed by atoms with Crippen molar-refractivity contribution in [1.29, 1.82) is 0 Å². The van der Waals surface area contributed by atoms with Gasteiger partial charge in [0.05, 0.1) is 5.37 Å². The molecule has 1 fully saturated rings. The maximum Gasteiger partial charge on any atom is 0.321 e. The van der Waals surface area contributed by atoms with Crippen molar-refractivity contribution in [3.63, 3.8) is 0 Å². The lowest BCUT2D eigenvalue weighted by molar-refractivity contribution is -0.138. The topological polar surface area (TPSA) is 49.3 Å². The molecule has 0 amide bonds. The van der Waals surface area contributed by atoms with Gasteiger partial charge in [0, 0.05) is 11.7 Å². The summed E-state index contributed by atoms with van der Waals surface area (Å²) < 4.78 is 0. The molecule has 1 aliphatic rings. The van der Waals surface area contributed by atoms with E-state index in [-0.39, 0.29) is 5.37 Å². The van der Waals surface area contributed by atoms with E-state index in [1.165, 1.54) is 11.1 Å². The lowest BCUT2D eigenvalue weighted by atomic mass is 9.96. The standard InChI is InChI=1S/C16H23NO2S/c1-10(2)8-12-4-6-13(7-5-12)11(3)15-17-14(9-20-15)16(18)19/h4-7,10-11,14-15,17H,8-9H2,1-3H3,(H,18,19)/t11?,14-,15?/m0/s1. The number of rotatable bonds is 5. The lowest BCUT2D eigenvalue weighted by Crippen LogP contribution is -2.38. The number of hydrogen-bond acceptors (Lipinski definition) is 3. The van der Waals surface area contributed by atoms with Crippen molar-refractivity contribution in [3.05, 3.63) is 35.4 Å². The Morgan fingerprint density at radius 1 is 1.35 bits per heavy atom. The van der Waals surface area contributed by atoms with Gasteiger partial charge in [0.1, 0.15) is 6.04 Å². The highest BCUT2D eigenvalue weighted by Crippen LogP contribution is 2.31. The van der Waals surface area contributed by atoms with Crippen molar-refractivity contribution in [3.8, 4) is 0 Å². The lowest BCUT2D eigenvalue weighted by Gasteiger charge is -2.20. The van der Waals surface area contributed by atoms with Crippen LogP contribution in [-0.2, 0) is 11.2 Å². The number of nitrogens with one attached hydrogen (secondary N) is 1.